The minimum Gasteiger partial charge on any atom is -0.377 e. The summed E-state index contributed by atoms with van der Waals surface area (Å²) in [6.07, 6.45) is 6.47. The van der Waals surface area contributed by atoms with Gasteiger partial charge in [-0.25, -0.2) is 14.4 Å². The van der Waals surface area contributed by atoms with Gasteiger partial charge in [-0.15, -0.1) is 0 Å². The van der Waals surface area contributed by atoms with E-state index >= 15 is 4.39 Å². The number of hydrogen-bond donors (Lipinski definition) is 1. The van der Waals surface area contributed by atoms with Gasteiger partial charge in [0, 0.05) is 46.7 Å². The highest BCUT2D eigenvalue weighted by Gasteiger charge is 2.19. The van der Waals surface area contributed by atoms with E-state index in [0.29, 0.717) is 43.9 Å². The SMILES string of the molecule is Cc1nc2cc(F)c(-c3ccc(P(C)(C)=O)nc3)cc2c(N[C@@H](C)c2cncnc2)c1Cl. The van der Waals surface area contributed by atoms with Crippen LogP contribution < -0.4 is 10.8 Å². The molecule has 4 aromatic rings. The van der Waals surface area contributed by atoms with Crippen molar-refractivity contribution in [3.63, 3.8) is 0 Å². The molecule has 0 aliphatic carbocycles. The Balaban J connectivity index is 1.84. The van der Waals surface area contributed by atoms with Crippen LogP contribution in [0.5, 0.6) is 0 Å². The Kier molecular flexibility index (Phi) is 5.97. The molecule has 0 saturated carbocycles. The monoisotopic (exact) mass is 469 g/mol. The minimum atomic E-state index is -2.50. The molecule has 6 nitrogen and oxygen atoms in total. The minimum absolute atomic E-state index is 0.142. The van der Waals surface area contributed by atoms with E-state index in [0.717, 1.165) is 5.56 Å². The number of fused-ring (bicyclic) bond motifs is 1. The number of nitrogens with one attached hydrogen (secondary N) is 1. The standard InChI is InChI=1S/C23H22ClFN5OP/c1-13(16-9-26-12-27-10-16)30-23-18-7-17(15-5-6-21(28-11-15)32(3,4)31)19(25)8-20(18)29-14(2)22(23)24/h5-13H,1-4H3,(H,29,30)/t13-/m0/s1. The molecule has 3 heterocycles. The fourth-order valence-electron chi connectivity index (χ4n) is 3.44. The van der Waals surface area contributed by atoms with Crippen molar-refractivity contribution in [1.29, 1.82) is 0 Å². The van der Waals surface area contributed by atoms with Crippen molar-refractivity contribution in [3.05, 3.63) is 71.3 Å². The van der Waals surface area contributed by atoms with Gasteiger partial charge in [-0.1, -0.05) is 17.7 Å². The second-order valence-electron chi connectivity index (χ2n) is 8.03. The first-order chi connectivity index (χ1) is 15.1. The van der Waals surface area contributed by atoms with E-state index in [2.05, 4.69) is 25.3 Å². The maximum absolute atomic E-state index is 15.0. The summed E-state index contributed by atoms with van der Waals surface area (Å²) < 4.78 is 27.3. The van der Waals surface area contributed by atoms with Crippen LogP contribution in [0, 0.1) is 12.7 Å². The van der Waals surface area contributed by atoms with Crippen LogP contribution in [0.25, 0.3) is 22.0 Å². The Hall–Kier alpha value is -2.89. The first-order valence-electron chi connectivity index (χ1n) is 9.98. The third kappa shape index (κ3) is 4.36. The fourth-order valence-corrected chi connectivity index (χ4v) is 4.41. The lowest BCUT2D eigenvalue weighted by Crippen LogP contribution is -2.09. The Bertz CT molecular complexity index is 1340. The van der Waals surface area contributed by atoms with Crippen LogP contribution in [0.15, 0.2) is 49.2 Å². The third-order valence-corrected chi connectivity index (χ3v) is 7.06. The third-order valence-electron chi connectivity index (χ3n) is 5.23. The molecular formula is C23H22ClFN5OP. The number of aryl methyl sites for hydroxylation is 1. The highest BCUT2D eigenvalue weighted by molar-refractivity contribution is 7.69. The van der Waals surface area contributed by atoms with Gasteiger partial charge in [-0.3, -0.25) is 9.97 Å². The molecule has 3 aromatic heterocycles. The maximum atomic E-state index is 15.0. The molecule has 32 heavy (non-hydrogen) atoms. The molecule has 9 heteroatoms. The summed E-state index contributed by atoms with van der Waals surface area (Å²) in [4.78, 5) is 16.9. The molecule has 0 aliphatic rings. The number of hydrogen-bond acceptors (Lipinski definition) is 6. The molecule has 1 aromatic carbocycles. The van der Waals surface area contributed by atoms with E-state index in [1.165, 1.54) is 12.4 Å². The highest BCUT2D eigenvalue weighted by atomic mass is 35.5. The van der Waals surface area contributed by atoms with Crippen molar-refractivity contribution in [2.75, 3.05) is 18.6 Å². The number of halogens is 2. The second-order valence-corrected chi connectivity index (χ2v) is 11.6. The number of benzene rings is 1. The zero-order valence-corrected chi connectivity index (χ0v) is 19.7. The van der Waals surface area contributed by atoms with Gasteiger partial charge in [0.1, 0.15) is 19.3 Å². The van der Waals surface area contributed by atoms with E-state index < -0.39 is 13.0 Å². The molecule has 1 N–H and O–H groups in total. The van der Waals surface area contributed by atoms with E-state index in [1.54, 1.807) is 57.0 Å². The predicted molar refractivity (Wildman–Crippen MR) is 128 cm³/mol. The van der Waals surface area contributed by atoms with Crippen molar-refractivity contribution in [3.8, 4) is 11.1 Å². The maximum Gasteiger partial charge on any atom is 0.133 e. The Morgan fingerprint density at radius 3 is 2.47 bits per heavy atom. The molecule has 0 bridgehead atoms. The summed E-state index contributed by atoms with van der Waals surface area (Å²) in [5, 5.41) is 4.56. The lowest BCUT2D eigenvalue weighted by atomic mass is 10.0. The van der Waals surface area contributed by atoms with Gasteiger partial charge in [-0.2, -0.15) is 0 Å². The number of aromatic nitrogens is 4. The van der Waals surface area contributed by atoms with Gasteiger partial charge in [0.2, 0.25) is 0 Å². The van der Waals surface area contributed by atoms with E-state index in [4.69, 9.17) is 11.6 Å². The molecule has 164 valence electrons. The quantitative estimate of drug-likeness (QED) is 0.383. The van der Waals surface area contributed by atoms with Gasteiger partial charge in [0.05, 0.1) is 33.4 Å². The van der Waals surface area contributed by atoms with Gasteiger partial charge in [0.25, 0.3) is 0 Å². The van der Waals surface area contributed by atoms with Crippen molar-refractivity contribution in [1.82, 2.24) is 19.9 Å². The molecule has 0 radical (unpaired) electrons. The lowest BCUT2D eigenvalue weighted by molar-refractivity contribution is 0.588. The van der Waals surface area contributed by atoms with Gasteiger partial charge < -0.3 is 9.88 Å². The summed E-state index contributed by atoms with van der Waals surface area (Å²) in [5.74, 6) is -0.423. The molecule has 0 unspecified atom stereocenters. The smallest absolute Gasteiger partial charge is 0.133 e. The zero-order valence-electron chi connectivity index (χ0n) is 18.1. The Labute approximate surface area is 190 Å². The van der Waals surface area contributed by atoms with Crippen LogP contribution in [0.2, 0.25) is 5.02 Å². The van der Waals surface area contributed by atoms with Gasteiger partial charge >= 0.3 is 0 Å². The van der Waals surface area contributed by atoms with Gasteiger partial charge in [0.15, 0.2) is 0 Å². The molecule has 0 spiro atoms. The van der Waals surface area contributed by atoms with E-state index in [9.17, 15) is 4.57 Å². The molecule has 0 saturated heterocycles. The van der Waals surface area contributed by atoms with Gasteiger partial charge in [-0.05, 0) is 39.3 Å². The average molecular weight is 470 g/mol. The molecule has 0 aliphatic heterocycles. The predicted octanol–water partition coefficient (Wildman–Crippen LogP) is 5.61. The van der Waals surface area contributed by atoms with Crippen molar-refractivity contribution >= 4 is 40.8 Å². The molecular weight excluding hydrogens is 448 g/mol. The van der Waals surface area contributed by atoms with Crippen LogP contribution in [0.4, 0.5) is 10.1 Å². The number of anilines is 1. The van der Waals surface area contributed by atoms with Crippen molar-refractivity contribution < 1.29 is 8.96 Å². The van der Waals surface area contributed by atoms with Crippen molar-refractivity contribution in [2.45, 2.75) is 19.9 Å². The molecule has 0 fully saturated rings. The first-order valence-corrected chi connectivity index (χ1v) is 13.0. The van der Waals surface area contributed by atoms with Crippen LogP contribution >= 0.6 is 18.7 Å². The number of rotatable bonds is 5. The van der Waals surface area contributed by atoms with Crippen molar-refractivity contribution in [2.24, 2.45) is 0 Å². The molecule has 1 atom stereocenters. The lowest BCUT2D eigenvalue weighted by Gasteiger charge is -2.19. The number of nitrogens with zero attached hydrogens (tertiary/aromatic N) is 4. The Morgan fingerprint density at radius 2 is 1.84 bits per heavy atom. The van der Waals surface area contributed by atoms with Crippen LogP contribution in [-0.4, -0.2) is 33.3 Å². The Morgan fingerprint density at radius 1 is 1.12 bits per heavy atom. The second kappa shape index (κ2) is 8.57. The van der Waals surface area contributed by atoms with Crippen LogP contribution in [0.1, 0.15) is 24.2 Å². The summed E-state index contributed by atoms with van der Waals surface area (Å²) in [6, 6.07) is 6.38. The normalized spacial score (nSPS) is 12.7. The average Bonchev–Trinajstić information content (AvgIpc) is 2.76. The fraction of sp³-hybridized carbons (Fsp3) is 0.217. The summed E-state index contributed by atoms with van der Waals surface area (Å²) in [6.45, 7) is 7.06. The zero-order chi connectivity index (χ0) is 23.0. The van der Waals surface area contributed by atoms with E-state index in [-0.39, 0.29) is 6.04 Å². The summed E-state index contributed by atoms with van der Waals surface area (Å²) >= 11 is 6.62. The van der Waals surface area contributed by atoms with E-state index in [1.807, 2.05) is 6.92 Å². The summed E-state index contributed by atoms with van der Waals surface area (Å²) in [7, 11) is -2.50. The topological polar surface area (TPSA) is 80.7 Å². The summed E-state index contributed by atoms with van der Waals surface area (Å²) in [5.41, 5.74) is 4.07. The number of pyridine rings is 2. The highest BCUT2D eigenvalue weighted by Crippen LogP contribution is 2.38. The van der Waals surface area contributed by atoms with Crippen LogP contribution in [-0.2, 0) is 4.57 Å². The first kappa shape index (κ1) is 22.3. The largest absolute Gasteiger partial charge is 0.377 e. The van der Waals surface area contributed by atoms with Crippen LogP contribution in [0.3, 0.4) is 0 Å². The molecule has 4 rings (SSSR count). The molecule has 0 amide bonds.